The number of rotatable bonds is 7. The zero-order chi connectivity index (χ0) is 18.8. The van der Waals surface area contributed by atoms with Crippen molar-refractivity contribution in [2.24, 2.45) is 13.0 Å². The monoisotopic (exact) mass is 441 g/mol. The van der Waals surface area contributed by atoms with Crippen molar-refractivity contribution in [3.8, 4) is 0 Å². The molecule has 1 aliphatic rings. The van der Waals surface area contributed by atoms with E-state index in [4.69, 9.17) is 16.3 Å². The predicted molar refractivity (Wildman–Crippen MR) is 101 cm³/mol. The van der Waals surface area contributed by atoms with Gasteiger partial charge in [0.25, 0.3) is 5.56 Å². The second-order valence-corrected chi connectivity index (χ2v) is 7.84. The van der Waals surface area contributed by atoms with E-state index in [1.807, 2.05) is 0 Å². The third kappa shape index (κ3) is 4.42. The van der Waals surface area contributed by atoms with Gasteiger partial charge in [-0.25, -0.2) is 4.39 Å². The summed E-state index contributed by atoms with van der Waals surface area (Å²) in [6.07, 6.45) is 3.77. The normalized spacial score (nSPS) is 13.8. The number of aryl methyl sites for hydroxylation is 1. The average molecular weight is 443 g/mol. The van der Waals surface area contributed by atoms with Gasteiger partial charge in [-0.2, -0.15) is 0 Å². The first kappa shape index (κ1) is 19.3. The first-order chi connectivity index (χ1) is 12.4. The number of carbonyl (C=O) groups is 1. The molecule has 4 nitrogen and oxygen atoms in total. The van der Waals surface area contributed by atoms with Crippen LogP contribution in [0.5, 0.6) is 0 Å². The van der Waals surface area contributed by atoms with Crippen molar-refractivity contribution < 1.29 is 13.9 Å². The van der Waals surface area contributed by atoms with Gasteiger partial charge in [-0.15, -0.1) is 0 Å². The van der Waals surface area contributed by atoms with Gasteiger partial charge in [0.15, 0.2) is 5.78 Å². The molecule has 0 bridgehead atoms. The van der Waals surface area contributed by atoms with Crippen molar-refractivity contribution in [3.63, 3.8) is 0 Å². The number of pyridine rings is 1. The van der Waals surface area contributed by atoms with Gasteiger partial charge in [0.05, 0.1) is 6.61 Å². The summed E-state index contributed by atoms with van der Waals surface area (Å²) in [6.45, 7) is 0.475. The number of aromatic nitrogens is 1. The highest BCUT2D eigenvalue weighted by Crippen LogP contribution is 2.29. The van der Waals surface area contributed by atoms with Crippen LogP contribution in [0.25, 0.3) is 0 Å². The van der Waals surface area contributed by atoms with E-state index in [2.05, 4.69) is 15.9 Å². The number of halogens is 3. The maximum atomic E-state index is 14.2. The lowest BCUT2D eigenvalue weighted by molar-refractivity contribution is 0.0738. The minimum absolute atomic E-state index is 0.0533. The lowest BCUT2D eigenvalue weighted by Crippen LogP contribution is -2.23. The maximum Gasteiger partial charge on any atom is 0.269 e. The number of hydrogen-bond acceptors (Lipinski definition) is 3. The van der Waals surface area contributed by atoms with E-state index < -0.39 is 11.4 Å². The molecule has 1 aromatic heterocycles. The SMILES string of the molecule is Cn1cc(C(=O)COCC2CC2)c(Cc2ccc(Br)cc2F)c(Cl)c1=O. The molecule has 0 amide bonds. The quantitative estimate of drug-likeness (QED) is 0.606. The molecule has 1 fully saturated rings. The Balaban J connectivity index is 1.92. The van der Waals surface area contributed by atoms with Crippen molar-refractivity contribution in [2.75, 3.05) is 13.2 Å². The summed E-state index contributed by atoms with van der Waals surface area (Å²) in [6, 6.07) is 4.64. The van der Waals surface area contributed by atoms with Gasteiger partial charge in [0.1, 0.15) is 17.4 Å². The van der Waals surface area contributed by atoms with Gasteiger partial charge in [-0.3, -0.25) is 9.59 Å². The highest BCUT2D eigenvalue weighted by atomic mass is 79.9. The molecule has 0 radical (unpaired) electrons. The summed E-state index contributed by atoms with van der Waals surface area (Å²) in [5.41, 5.74) is 0.553. The average Bonchev–Trinajstić information content (AvgIpc) is 3.41. The van der Waals surface area contributed by atoms with Crippen molar-refractivity contribution in [2.45, 2.75) is 19.3 Å². The van der Waals surface area contributed by atoms with Crippen molar-refractivity contribution in [1.82, 2.24) is 4.57 Å². The fourth-order valence-electron chi connectivity index (χ4n) is 2.68. The Hall–Kier alpha value is -1.50. The summed E-state index contributed by atoms with van der Waals surface area (Å²) in [5.74, 6) is -0.155. The van der Waals surface area contributed by atoms with Gasteiger partial charge in [0, 0.05) is 29.7 Å². The standard InChI is InChI=1S/C19H18BrClFNO3/c1-23-8-15(17(24)10-26-9-11-2-3-11)14(18(21)19(23)25)6-12-4-5-13(20)7-16(12)22/h4-5,7-8,11H,2-3,6,9-10H2,1H3. The van der Waals surface area contributed by atoms with Crippen LogP contribution in [0, 0.1) is 11.7 Å². The zero-order valence-electron chi connectivity index (χ0n) is 14.2. The number of ether oxygens (including phenoxy) is 1. The van der Waals surface area contributed by atoms with E-state index >= 15 is 0 Å². The zero-order valence-corrected chi connectivity index (χ0v) is 16.6. The molecule has 0 unspecified atom stereocenters. The molecule has 0 atom stereocenters. The van der Waals surface area contributed by atoms with Crippen molar-refractivity contribution in [3.05, 3.63) is 66.8 Å². The molecule has 1 heterocycles. The molecule has 1 aromatic carbocycles. The van der Waals surface area contributed by atoms with Crippen molar-refractivity contribution >= 4 is 33.3 Å². The minimum atomic E-state index is -0.431. The number of ketones is 1. The number of hydrogen-bond donors (Lipinski definition) is 0. The number of carbonyl (C=O) groups excluding carboxylic acids is 1. The first-order valence-corrected chi connectivity index (χ1v) is 9.46. The molecule has 0 saturated heterocycles. The van der Waals surface area contributed by atoms with Gasteiger partial charge in [0.2, 0.25) is 0 Å². The lowest BCUT2D eigenvalue weighted by Gasteiger charge is -2.13. The van der Waals surface area contributed by atoms with Crippen LogP contribution in [0.3, 0.4) is 0 Å². The van der Waals surface area contributed by atoms with Crippen LogP contribution in [0.15, 0.2) is 33.7 Å². The lowest BCUT2D eigenvalue weighted by atomic mass is 9.98. The molecule has 1 saturated carbocycles. The molecule has 0 N–H and O–H groups in total. The molecule has 1 aliphatic carbocycles. The summed E-state index contributed by atoms with van der Waals surface area (Å²) in [5, 5.41) is -0.0668. The topological polar surface area (TPSA) is 48.3 Å². The van der Waals surface area contributed by atoms with E-state index in [1.165, 1.54) is 23.9 Å². The second-order valence-electron chi connectivity index (χ2n) is 6.55. The fraction of sp³-hybridized carbons (Fsp3) is 0.368. The van der Waals surface area contributed by atoms with E-state index in [1.54, 1.807) is 12.1 Å². The molecule has 2 aromatic rings. The first-order valence-electron chi connectivity index (χ1n) is 8.29. The predicted octanol–water partition coefficient (Wildman–Crippen LogP) is 4.14. The van der Waals surface area contributed by atoms with E-state index in [-0.39, 0.29) is 29.4 Å². The van der Waals surface area contributed by atoms with Gasteiger partial charge < -0.3 is 9.30 Å². The fourth-order valence-corrected chi connectivity index (χ4v) is 3.32. The summed E-state index contributed by atoms with van der Waals surface area (Å²) in [7, 11) is 1.53. The van der Waals surface area contributed by atoms with Crippen LogP contribution in [-0.4, -0.2) is 23.6 Å². The van der Waals surface area contributed by atoms with Crippen LogP contribution in [-0.2, 0) is 18.2 Å². The Labute approximate surface area is 164 Å². The summed E-state index contributed by atoms with van der Waals surface area (Å²) < 4.78 is 21.6. The van der Waals surface area contributed by atoms with Crippen LogP contribution in [0.2, 0.25) is 5.02 Å². The molecule has 0 spiro atoms. The smallest absolute Gasteiger partial charge is 0.269 e. The molecule has 26 heavy (non-hydrogen) atoms. The summed E-state index contributed by atoms with van der Waals surface area (Å²) in [4.78, 5) is 24.8. The minimum Gasteiger partial charge on any atom is -0.373 e. The molecule has 0 aliphatic heterocycles. The third-order valence-electron chi connectivity index (χ3n) is 4.39. The largest absolute Gasteiger partial charge is 0.373 e. The molecule has 7 heteroatoms. The Bertz CT molecular complexity index is 908. The van der Waals surface area contributed by atoms with E-state index in [0.717, 1.165) is 12.8 Å². The van der Waals surface area contributed by atoms with Gasteiger partial charge in [-0.05, 0) is 42.0 Å². The van der Waals surface area contributed by atoms with Gasteiger partial charge in [-0.1, -0.05) is 33.6 Å². The van der Waals surface area contributed by atoms with E-state index in [9.17, 15) is 14.0 Å². The molecule has 138 valence electrons. The van der Waals surface area contributed by atoms with Crippen LogP contribution >= 0.6 is 27.5 Å². The Morgan fingerprint density at radius 2 is 2.15 bits per heavy atom. The Morgan fingerprint density at radius 1 is 1.42 bits per heavy atom. The Morgan fingerprint density at radius 3 is 2.81 bits per heavy atom. The van der Waals surface area contributed by atoms with E-state index in [0.29, 0.717) is 28.1 Å². The maximum absolute atomic E-state index is 14.2. The van der Waals surface area contributed by atoms with Crippen LogP contribution in [0.4, 0.5) is 4.39 Å². The summed E-state index contributed by atoms with van der Waals surface area (Å²) >= 11 is 9.43. The molecular formula is C19H18BrClFNO3. The number of Topliss-reactive ketones (excluding diaryl/α,β-unsaturated/α-hetero) is 1. The van der Waals surface area contributed by atoms with Crippen molar-refractivity contribution in [1.29, 1.82) is 0 Å². The molecular weight excluding hydrogens is 425 g/mol. The third-order valence-corrected chi connectivity index (χ3v) is 5.27. The Kier molecular flexibility index (Phi) is 5.95. The number of nitrogens with zero attached hydrogens (tertiary/aromatic N) is 1. The molecule has 3 rings (SSSR count). The van der Waals surface area contributed by atoms with Gasteiger partial charge >= 0.3 is 0 Å². The number of benzene rings is 1. The van der Waals surface area contributed by atoms with Crippen LogP contribution < -0.4 is 5.56 Å². The highest BCUT2D eigenvalue weighted by Gasteiger charge is 2.23. The highest BCUT2D eigenvalue weighted by molar-refractivity contribution is 9.10. The second kappa shape index (κ2) is 8.03. The van der Waals surface area contributed by atoms with Crippen LogP contribution in [0.1, 0.15) is 34.3 Å².